The Labute approximate surface area is 98.0 Å². The summed E-state index contributed by atoms with van der Waals surface area (Å²) in [6, 6.07) is 4.41. The van der Waals surface area contributed by atoms with Crippen LogP contribution in [0.3, 0.4) is 0 Å². The number of nitrogens with zero attached hydrogens (tertiary/aromatic N) is 1. The van der Waals surface area contributed by atoms with E-state index in [0.29, 0.717) is 13.1 Å². The first-order valence-corrected chi connectivity index (χ1v) is 5.46. The standard InChI is InChI=1S/C11H12ClFN2O/c12-9-3-1-2-8(10(9)13)11(16)15-5-4-7(14)6-15/h1-3,7H,4-6,14H2. The summed E-state index contributed by atoms with van der Waals surface area (Å²) in [5.41, 5.74) is 5.71. The van der Waals surface area contributed by atoms with E-state index in [1.54, 1.807) is 11.0 Å². The molecule has 0 aliphatic carbocycles. The van der Waals surface area contributed by atoms with E-state index in [2.05, 4.69) is 0 Å². The lowest BCUT2D eigenvalue weighted by Crippen LogP contribution is -2.32. The van der Waals surface area contributed by atoms with Crippen LogP contribution >= 0.6 is 11.6 Å². The molecule has 0 aromatic heterocycles. The van der Waals surface area contributed by atoms with Gasteiger partial charge in [-0.2, -0.15) is 0 Å². The molecule has 5 heteroatoms. The fraction of sp³-hybridized carbons (Fsp3) is 0.364. The Kier molecular flexibility index (Phi) is 3.12. The highest BCUT2D eigenvalue weighted by Gasteiger charge is 2.26. The molecule has 1 aliphatic rings. The number of hydrogen-bond acceptors (Lipinski definition) is 2. The zero-order valence-corrected chi connectivity index (χ0v) is 9.38. The summed E-state index contributed by atoms with van der Waals surface area (Å²) >= 11 is 5.62. The van der Waals surface area contributed by atoms with E-state index in [4.69, 9.17) is 17.3 Å². The van der Waals surface area contributed by atoms with Crippen LogP contribution in [-0.2, 0) is 0 Å². The van der Waals surface area contributed by atoms with Crippen molar-refractivity contribution in [2.45, 2.75) is 12.5 Å². The molecule has 1 aromatic carbocycles. The number of benzene rings is 1. The molecule has 2 N–H and O–H groups in total. The van der Waals surface area contributed by atoms with Crippen molar-refractivity contribution in [3.63, 3.8) is 0 Å². The van der Waals surface area contributed by atoms with E-state index >= 15 is 0 Å². The number of carbonyl (C=O) groups is 1. The van der Waals surface area contributed by atoms with Gasteiger partial charge in [0, 0.05) is 19.1 Å². The first-order chi connectivity index (χ1) is 7.59. The third kappa shape index (κ3) is 2.03. The first kappa shape index (κ1) is 11.4. The van der Waals surface area contributed by atoms with Crippen molar-refractivity contribution >= 4 is 17.5 Å². The van der Waals surface area contributed by atoms with Gasteiger partial charge in [0.15, 0.2) is 5.82 Å². The maximum Gasteiger partial charge on any atom is 0.256 e. The highest BCUT2D eigenvalue weighted by atomic mass is 35.5. The Bertz CT molecular complexity index is 424. The van der Waals surface area contributed by atoms with Crippen LogP contribution in [0.25, 0.3) is 0 Å². The first-order valence-electron chi connectivity index (χ1n) is 5.08. The number of likely N-dealkylation sites (tertiary alicyclic amines) is 1. The molecule has 1 aliphatic heterocycles. The lowest BCUT2D eigenvalue weighted by atomic mass is 10.2. The molecule has 1 aromatic rings. The minimum absolute atomic E-state index is 0.00815. The van der Waals surface area contributed by atoms with E-state index in [-0.39, 0.29) is 22.5 Å². The van der Waals surface area contributed by atoms with Gasteiger partial charge in [-0.1, -0.05) is 17.7 Å². The van der Waals surface area contributed by atoms with Gasteiger partial charge in [-0.25, -0.2) is 4.39 Å². The largest absolute Gasteiger partial charge is 0.337 e. The van der Waals surface area contributed by atoms with Crippen LogP contribution in [0, 0.1) is 5.82 Å². The highest BCUT2D eigenvalue weighted by molar-refractivity contribution is 6.31. The molecule has 1 fully saturated rings. The van der Waals surface area contributed by atoms with Crippen LogP contribution < -0.4 is 5.73 Å². The Morgan fingerprint density at radius 2 is 2.31 bits per heavy atom. The van der Waals surface area contributed by atoms with Gasteiger partial charge >= 0.3 is 0 Å². The number of nitrogens with two attached hydrogens (primary N) is 1. The van der Waals surface area contributed by atoms with Gasteiger partial charge in [0.25, 0.3) is 5.91 Å². The molecular formula is C11H12ClFN2O. The molecule has 0 spiro atoms. The molecule has 16 heavy (non-hydrogen) atoms. The number of rotatable bonds is 1. The smallest absolute Gasteiger partial charge is 0.256 e. The summed E-state index contributed by atoms with van der Waals surface area (Å²) in [6.45, 7) is 1.05. The van der Waals surface area contributed by atoms with Crippen LogP contribution in [0.1, 0.15) is 16.8 Å². The lowest BCUT2D eigenvalue weighted by Gasteiger charge is -2.16. The molecule has 0 saturated carbocycles. The third-order valence-electron chi connectivity index (χ3n) is 2.69. The van der Waals surface area contributed by atoms with E-state index in [0.717, 1.165) is 6.42 Å². The van der Waals surface area contributed by atoms with Crippen LogP contribution in [0.15, 0.2) is 18.2 Å². The Balaban J connectivity index is 2.24. The zero-order chi connectivity index (χ0) is 11.7. The van der Waals surface area contributed by atoms with Gasteiger partial charge in [0.2, 0.25) is 0 Å². The summed E-state index contributed by atoms with van der Waals surface area (Å²) in [5, 5.41) is -0.0330. The van der Waals surface area contributed by atoms with Gasteiger partial charge in [-0.3, -0.25) is 4.79 Å². The lowest BCUT2D eigenvalue weighted by molar-refractivity contribution is 0.0786. The molecule has 0 radical (unpaired) electrons. The molecule has 1 atom stereocenters. The van der Waals surface area contributed by atoms with Gasteiger partial charge in [-0.05, 0) is 18.6 Å². The van der Waals surface area contributed by atoms with Gasteiger partial charge < -0.3 is 10.6 Å². The summed E-state index contributed by atoms with van der Waals surface area (Å²) < 4.78 is 13.6. The Hall–Kier alpha value is -1.13. The fourth-order valence-corrected chi connectivity index (χ4v) is 1.99. The average Bonchev–Trinajstić information content (AvgIpc) is 2.68. The van der Waals surface area contributed by atoms with Crippen molar-refractivity contribution in [3.05, 3.63) is 34.6 Å². The van der Waals surface area contributed by atoms with Crippen molar-refractivity contribution < 1.29 is 9.18 Å². The Morgan fingerprint density at radius 3 is 2.94 bits per heavy atom. The van der Waals surface area contributed by atoms with Crippen molar-refractivity contribution in [2.24, 2.45) is 5.73 Å². The third-order valence-corrected chi connectivity index (χ3v) is 2.99. The minimum atomic E-state index is -0.658. The second-order valence-corrected chi connectivity index (χ2v) is 4.31. The maximum atomic E-state index is 13.6. The summed E-state index contributed by atoms with van der Waals surface area (Å²) in [4.78, 5) is 13.5. The predicted molar refractivity (Wildman–Crippen MR) is 59.9 cm³/mol. The molecule has 1 saturated heterocycles. The van der Waals surface area contributed by atoms with Crippen LogP contribution in [-0.4, -0.2) is 29.9 Å². The maximum absolute atomic E-state index is 13.6. The quantitative estimate of drug-likeness (QED) is 0.814. The molecule has 2 rings (SSSR count). The summed E-state index contributed by atoms with van der Waals surface area (Å²) in [5.74, 6) is -0.998. The summed E-state index contributed by atoms with van der Waals surface area (Å²) in [6.07, 6.45) is 0.758. The van der Waals surface area contributed by atoms with Gasteiger partial charge in [0.1, 0.15) is 0 Å². The van der Waals surface area contributed by atoms with Crippen molar-refractivity contribution in [3.8, 4) is 0 Å². The second-order valence-electron chi connectivity index (χ2n) is 3.90. The van der Waals surface area contributed by atoms with E-state index < -0.39 is 5.82 Å². The van der Waals surface area contributed by atoms with E-state index in [9.17, 15) is 9.18 Å². The molecule has 1 unspecified atom stereocenters. The van der Waals surface area contributed by atoms with E-state index in [1.807, 2.05) is 0 Å². The van der Waals surface area contributed by atoms with Crippen molar-refractivity contribution in [1.82, 2.24) is 4.90 Å². The SMILES string of the molecule is NC1CCN(C(=O)c2cccc(Cl)c2F)C1. The van der Waals surface area contributed by atoms with Gasteiger partial charge in [-0.15, -0.1) is 0 Å². The van der Waals surface area contributed by atoms with E-state index in [1.165, 1.54) is 12.1 Å². The van der Waals surface area contributed by atoms with Crippen LogP contribution in [0.4, 0.5) is 4.39 Å². The normalized spacial score (nSPS) is 20.2. The minimum Gasteiger partial charge on any atom is -0.337 e. The molecule has 86 valence electrons. The van der Waals surface area contributed by atoms with Gasteiger partial charge in [0.05, 0.1) is 10.6 Å². The molecule has 1 heterocycles. The topological polar surface area (TPSA) is 46.3 Å². The predicted octanol–water partition coefficient (Wildman–Crippen LogP) is 1.65. The highest BCUT2D eigenvalue weighted by Crippen LogP contribution is 2.20. The Morgan fingerprint density at radius 1 is 1.56 bits per heavy atom. The van der Waals surface area contributed by atoms with Crippen LogP contribution in [0.5, 0.6) is 0 Å². The number of halogens is 2. The molecular weight excluding hydrogens is 231 g/mol. The van der Waals surface area contributed by atoms with Crippen LogP contribution in [0.2, 0.25) is 5.02 Å². The zero-order valence-electron chi connectivity index (χ0n) is 8.62. The molecule has 1 amide bonds. The average molecular weight is 243 g/mol. The van der Waals surface area contributed by atoms with Crippen molar-refractivity contribution in [2.75, 3.05) is 13.1 Å². The number of carbonyl (C=O) groups excluding carboxylic acids is 1. The monoisotopic (exact) mass is 242 g/mol. The molecule has 0 bridgehead atoms. The number of hydrogen-bond donors (Lipinski definition) is 1. The molecule has 3 nitrogen and oxygen atoms in total. The fourth-order valence-electron chi connectivity index (χ4n) is 1.81. The second kappa shape index (κ2) is 4.39. The van der Waals surface area contributed by atoms with Crippen molar-refractivity contribution in [1.29, 1.82) is 0 Å². The summed E-state index contributed by atoms with van der Waals surface area (Å²) in [7, 11) is 0. The number of amides is 1.